The molecule has 0 bridgehead atoms. The summed E-state index contributed by atoms with van der Waals surface area (Å²) < 4.78 is 1.99. The van der Waals surface area contributed by atoms with Crippen LogP contribution < -0.4 is 5.32 Å². The van der Waals surface area contributed by atoms with Gasteiger partial charge in [-0.15, -0.1) is 0 Å². The fourth-order valence-electron chi connectivity index (χ4n) is 1.85. The summed E-state index contributed by atoms with van der Waals surface area (Å²) >= 11 is 0. The number of benzene rings is 1. The molecule has 0 aliphatic heterocycles. The lowest BCUT2D eigenvalue weighted by molar-refractivity contribution is 0.475. The molecule has 1 aromatic carbocycles. The first-order chi connectivity index (χ1) is 8.70. The maximum Gasteiger partial charge on any atom is 0.115 e. The number of phenolic OH excluding ortho intramolecular Hbond substituents is 1. The molecule has 0 aliphatic carbocycles. The van der Waals surface area contributed by atoms with Gasteiger partial charge in [0.1, 0.15) is 5.75 Å². The number of hydrogen-bond acceptors (Lipinski definition) is 3. The predicted molar refractivity (Wildman–Crippen MR) is 71.6 cm³/mol. The van der Waals surface area contributed by atoms with Crippen molar-refractivity contribution in [2.75, 3.05) is 6.54 Å². The van der Waals surface area contributed by atoms with Gasteiger partial charge in [-0.3, -0.25) is 4.68 Å². The Morgan fingerprint density at radius 3 is 2.67 bits per heavy atom. The van der Waals surface area contributed by atoms with Gasteiger partial charge in [-0.25, -0.2) is 0 Å². The third-order valence-electron chi connectivity index (χ3n) is 3.04. The van der Waals surface area contributed by atoms with Gasteiger partial charge in [0.15, 0.2) is 0 Å². The van der Waals surface area contributed by atoms with Crippen LogP contribution in [0.15, 0.2) is 30.5 Å². The summed E-state index contributed by atoms with van der Waals surface area (Å²) in [6, 6.07) is 7.24. The molecule has 0 aliphatic rings. The van der Waals surface area contributed by atoms with Crippen molar-refractivity contribution in [3.8, 4) is 5.75 Å². The predicted octanol–water partition coefficient (Wildman–Crippen LogP) is 2.05. The third kappa shape index (κ3) is 2.90. The molecule has 1 heterocycles. The SMILES string of the molecule is CCNCc1cnn(Cc2ccc(O)cc2)c1C. The molecule has 96 valence electrons. The quantitative estimate of drug-likeness (QED) is 0.847. The minimum atomic E-state index is 0.295. The van der Waals surface area contributed by atoms with Crippen LogP contribution in [0.2, 0.25) is 0 Å². The van der Waals surface area contributed by atoms with Gasteiger partial charge in [-0.1, -0.05) is 19.1 Å². The number of nitrogens with zero attached hydrogens (tertiary/aromatic N) is 2. The van der Waals surface area contributed by atoms with Crippen molar-refractivity contribution in [2.45, 2.75) is 26.9 Å². The number of aromatic hydroxyl groups is 1. The van der Waals surface area contributed by atoms with E-state index in [2.05, 4.69) is 24.3 Å². The molecule has 0 spiro atoms. The van der Waals surface area contributed by atoms with Crippen LogP contribution in [-0.2, 0) is 13.1 Å². The molecule has 4 nitrogen and oxygen atoms in total. The lowest BCUT2D eigenvalue weighted by atomic mass is 10.2. The van der Waals surface area contributed by atoms with Crippen LogP contribution in [0.5, 0.6) is 5.75 Å². The molecule has 18 heavy (non-hydrogen) atoms. The number of hydrogen-bond donors (Lipinski definition) is 2. The van der Waals surface area contributed by atoms with Crippen LogP contribution in [0.4, 0.5) is 0 Å². The van der Waals surface area contributed by atoms with Crippen LogP contribution in [0.3, 0.4) is 0 Å². The number of rotatable bonds is 5. The number of nitrogens with one attached hydrogen (secondary N) is 1. The minimum absolute atomic E-state index is 0.295. The zero-order chi connectivity index (χ0) is 13.0. The maximum absolute atomic E-state index is 9.25. The van der Waals surface area contributed by atoms with Crippen molar-refractivity contribution >= 4 is 0 Å². The summed E-state index contributed by atoms with van der Waals surface area (Å²) in [5, 5.41) is 17.0. The first-order valence-electron chi connectivity index (χ1n) is 6.20. The molecule has 2 aromatic rings. The maximum atomic E-state index is 9.25. The van der Waals surface area contributed by atoms with E-state index in [-0.39, 0.29) is 0 Å². The van der Waals surface area contributed by atoms with Gasteiger partial charge in [-0.05, 0) is 31.2 Å². The first-order valence-corrected chi connectivity index (χ1v) is 6.20. The summed E-state index contributed by atoms with van der Waals surface area (Å²) in [5.74, 6) is 0.295. The van der Waals surface area contributed by atoms with E-state index in [0.29, 0.717) is 5.75 Å². The third-order valence-corrected chi connectivity index (χ3v) is 3.04. The van der Waals surface area contributed by atoms with Crippen molar-refractivity contribution in [2.24, 2.45) is 0 Å². The zero-order valence-corrected chi connectivity index (χ0v) is 10.8. The van der Waals surface area contributed by atoms with E-state index in [1.54, 1.807) is 12.1 Å². The van der Waals surface area contributed by atoms with Gasteiger partial charge in [0, 0.05) is 17.8 Å². The van der Waals surface area contributed by atoms with Crippen LogP contribution in [0.25, 0.3) is 0 Å². The van der Waals surface area contributed by atoms with Crippen molar-refractivity contribution in [1.29, 1.82) is 0 Å². The zero-order valence-electron chi connectivity index (χ0n) is 10.8. The van der Waals surface area contributed by atoms with Crippen LogP contribution >= 0.6 is 0 Å². The van der Waals surface area contributed by atoms with E-state index >= 15 is 0 Å². The van der Waals surface area contributed by atoms with E-state index in [0.717, 1.165) is 25.2 Å². The Balaban J connectivity index is 2.09. The Labute approximate surface area is 107 Å². The lowest BCUT2D eigenvalue weighted by Crippen LogP contribution is -2.12. The van der Waals surface area contributed by atoms with Crippen LogP contribution in [0, 0.1) is 6.92 Å². The van der Waals surface area contributed by atoms with E-state index < -0.39 is 0 Å². The molecule has 2 rings (SSSR count). The largest absolute Gasteiger partial charge is 0.508 e. The highest BCUT2D eigenvalue weighted by Crippen LogP contribution is 2.13. The highest BCUT2D eigenvalue weighted by atomic mass is 16.3. The number of aromatic nitrogens is 2. The molecule has 0 amide bonds. The summed E-state index contributed by atoms with van der Waals surface area (Å²) in [6.45, 7) is 6.73. The average Bonchev–Trinajstić information content (AvgIpc) is 2.71. The summed E-state index contributed by atoms with van der Waals surface area (Å²) in [7, 11) is 0. The summed E-state index contributed by atoms with van der Waals surface area (Å²) in [6.07, 6.45) is 1.92. The fourth-order valence-corrected chi connectivity index (χ4v) is 1.85. The molecule has 0 fully saturated rings. The molecule has 0 unspecified atom stereocenters. The van der Waals surface area contributed by atoms with Gasteiger partial charge in [0.05, 0.1) is 12.7 Å². The topological polar surface area (TPSA) is 50.1 Å². The Morgan fingerprint density at radius 2 is 2.00 bits per heavy atom. The Hall–Kier alpha value is -1.81. The lowest BCUT2D eigenvalue weighted by Gasteiger charge is -2.06. The minimum Gasteiger partial charge on any atom is -0.508 e. The smallest absolute Gasteiger partial charge is 0.115 e. The van der Waals surface area contributed by atoms with E-state index in [1.807, 2.05) is 23.0 Å². The van der Waals surface area contributed by atoms with Gasteiger partial charge in [0.25, 0.3) is 0 Å². The molecule has 0 saturated carbocycles. The fraction of sp³-hybridized carbons (Fsp3) is 0.357. The van der Waals surface area contributed by atoms with Crippen molar-refractivity contribution < 1.29 is 5.11 Å². The van der Waals surface area contributed by atoms with E-state index in [1.165, 1.54) is 11.3 Å². The molecular weight excluding hydrogens is 226 g/mol. The molecular formula is C14H19N3O. The summed E-state index contributed by atoms with van der Waals surface area (Å²) in [5.41, 5.74) is 3.55. The molecule has 0 atom stereocenters. The van der Waals surface area contributed by atoms with Gasteiger partial charge in [-0.2, -0.15) is 5.10 Å². The van der Waals surface area contributed by atoms with Crippen molar-refractivity contribution in [1.82, 2.24) is 15.1 Å². The van der Waals surface area contributed by atoms with Crippen molar-refractivity contribution in [3.63, 3.8) is 0 Å². The monoisotopic (exact) mass is 245 g/mol. The standard InChI is InChI=1S/C14H19N3O/c1-3-15-8-13-9-16-17(11(13)2)10-12-4-6-14(18)7-5-12/h4-7,9,15,18H,3,8,10H2,1-2H3. The van der Waals surface area contributed by atoms with Gasteiger partial charge >= 0.3 is 0 Å². The highest BCUT2D eigenvalue weighted by Gasteiger charge is 2.06. The average molecular weight is 245 g/mol. The number of phenols is 1. The molecule has 0 saturated heterocycles. The highest BCUT2D eigenvalue weighted by molar-refractivity contribution is 5.26. The van der Waals surface area contributed by atoms with Crippen LogP contribution in [0.1, 0.15) is 23.7 Å². The van der Waals surface area contributed by atoms with Gasteiger partial charge < -0.3 is 10.4 Å². The Morgan fingerprint density at radius 1 is 1.28 bits per heavy atom. The first kappa shape index (κ1) is 12.6. The second kappa shape index (κ2) is 5.69. The summed E-state index contributed by atoms with van der Waals surface area (Å²) in [4.78, 5) is 0. The normalized spacial score (nSPS) is 10.8. The second-order valence-corrected chi connectivity index (χ2v) is 4.36. The molecule has 2 N–H and O–H groups in total. The molecule has 4 heteroatoms. The van der Waals surface area contributed by atoms with E-state index in [4.69, 9.17) is 0 Å². The Bertz CT molecular complexity index is 502. The second-order valence-electron chi connectivity index (χ2n) is 4.36. The molecule has 0 radical (unpaired) electrons. The van der Waals surface area contributed by atoms with Gasteiger partial charge in [0.2, 0.25) is 0 Å². The molecule has 1 aromatic heterocycles. The van der Waals surface area contributed by atoms with Crippen molar-refractivity contribution in [3.05, 3.63) is 47.3 Å². The Kier molecular flexibility index (Phi) is 3.99. The van der Waals surface area contributed by atoms with Crippen LogP contribution in [-0.4, -0.2) is 21.4 Å². The van der Waals surface area contributed by atoms with E-state index in [9.17, 15) is 5.11 Å².